The monoisotopic (exact) mass is 207 g/mol. The molecule has 0 amide bonds. The third kappa shape index (κ3) is 1.96. The highest BCUT2D eigenvalue weighted by Crippen LogP contribution is 2.26. The lowest BCUT2D eigenvalue weighted by atomic mass is 9.81. The number of rotatable bonds is 1. The zero-order chi connectivity index (χ0) is 11.1. The fraction of sp³-hybridized carbons (Fsp3) is 0.556. The summed E-state index contributed by atoms with van der Waals surface area (Å²) in [5.74, 6) is 0.254. The van der Waals surface area contributed by atoms with Gasteiger partial charge in [0.05, 0.1) is 11.7 Å². The van der Waals surface area contributed by atoms with E-state index in [1.54, 1.807) is 12.4 Å². The van der Waals surface area contributed by atoms with E-state index in [2.05, 4.69) is 9.97 Å². The van der Waals surface area contributed by atoms with Crippen LogP contribution in [-0.4, -0.2) is 28.8 Å². The minimum Gasteiger partial charge on any atom is -0.402 e. The molecule has 0 saturated carbocycles. The van der Waals surface area contributed by atoms with Gasteiger partial charge in [-0.25, -0.2) is 9.97 Å². The summed E-state index contributed by atoms with van der Waals surface area (Å²) in [6.07, 6.45) is 3.29. The molecule has 2 heterocycles. The molecular formula is C9H14BN3O2. The maximum absolute atomic E-state index is 5.74. The van der Waals surface area contributed by atoms with E-state index in [0.29, 0.717) is 0 Å². The second kappa shape index (κ2) is 3.46. The summed E-state index contributed by atoms with van der Waals surface area (Å²) in [4.78, 5) is 7.81. The smallest absolute Gasteiger partial charge is 0.402 e. The Morgan fingerprint density at radius 1 is 1.40 bits per heavy atom. The number of hydrogen-bond donors (Lipinski definition) is 1. The van der Waals surface area contributed by atoms with E-state index in [9.17, 15) is 0 Å². The van der Waals surface area contributed by atoms with Gasteiger partial charge in [0.15, 0.2) is 0 Å². The minimum absolute atomic E-state index is 0.0417. The number of nitrogen functional groups attached to an aromatic ring is 1. The van der Waals surface area contributed by atoms with E-state index < -0.39 is 7.12 Å². The van der Waals surface area contributed by atoms with Gasteiger partial charge < -0.3 is 15.0 Å². The largest absolute Gasteiger partial charge is 0.497 e. The van der Waals surface area contributed by atoms with Gasteiger partial charge in [-0.1, -0.05) is 0 Å². The standard InChI is InChI=1S/C9H14BN3O2/c1-6-9(2,3)15-10(14-6)7-4-12-8(11)13-5-7/h4-6H,1-3H3,(H2,11,12,13). The Bertz CT molecular complexity index is 355. The lowest BCUT2D eigenvalue weighted by Gasteiger charge is -2.21. The first-order valence-corrected chi connectivity index (χ1v) is 4.90. The lowest BCUT2D eigenvalue weighted by Crippen LogP contribution is -2.35. The zero-order valence-electron chi connectivity index (χ0n) is 9.10. The molecule has 5 nitrogen and oxygen atoms in total. The van der Waals surface area contributed by atoms with Crippen molar-refractivity contribution in [3.63, 3.8) is 0 Å². The first-order valence-electron chi connectivity index (χ1n) is 4.90. The van der Waals surface area contributed by atoms with Crippen molar-refractivity contribution in [2.45, 2.75) is 32.5 Å². The molecule has 2 N–H and O–H groups in total. The average molecular weight is 207 g/mol. The topological polar surface area (TPSA) is 70.3 Å². The highest BCUT2D eigenvalue weighted by molar-refractivity contribution is 6.61. The van der Waals surface area contributed by atoms with Gasteiger partial charge in [-0.05, 0) is 20.8 Å². The summed E-state index contributed by atoms with van der Waals surface area (Å²) < 4.78 is 11.4. The van der Waals surface area contributed by atoms with Crippen LogP contribution in [-0.2, 0) is 9.31 Å². The molecule has 2 rings (SSSR count). The fourth-order valence-corrected chi connectivity index (χ4v) is 1.37. The van der Waals surface area contributed by atoms with Crippen molar-refractivity contribution >= 4 is 18.5 Å². The lowest BCUT2D eigenvalue weighted by molar-refractivity contribution is 0.0842. The first-order chi connectivity index (χ1) is 6.99. The molecule has 80 valence electrons. The van der Waals surface area contributed by atoms with Crippen LogP contribution in [0.3, 0.4) is 0 Å². The Kier molecular flexibility index (Phi) is 2.40. The third-order valence-corrected chi connectivity index (χ3v) is 2.68. The second-order valence-corrected chi connectivity index (χ2v) is 4.21. The predicted octanol–water partition coefficient (Wildman–Crippen LogP) is -0.0321. The van der Waals surface area contributed by atoms with Crippen LogP contribution in [0.5, 0.6) is 0 Å². The molecule has 15 heavy (non-hydrogen) atoms. The highest BCUT2D eigenvalue weighted by atomic mass is 16.7. The van der Waals surface area contributed by atoms with E-state index >= 15 is 0 Å². The van der Waals surface area contributed by atoms with Crippen LogP contribution < -0.4 is 11.2 Å². The average Bonchev–Trinajstić information content (AvgIpc) is 2.42. The van der Waals surface area contributed by atoms with E-state index in [1.807, 2.05) is 20.8 Å². The fourth-order valence-electron chi connectivity index (χ4n) is 1.37. The Balaban J connectivity index is 2.17. The number of anilines is 1. The quantitative estimate of drug-likeness (QED) is 0.654. The summed E-state index contributed by atoms with van der Waals surface area (Å²) in [6, 6.07) is 0. The molecule has 6 heteroatoms. The highest BCUT2D eigenvalue weighted by Gasteiger charge is 2.44. The molecule has 1 atom stereocenters. The van der Waals surface area contributed by atoms with Crippen LogP contribution in [0.15, 0.2) is 12.4 Å². The van der Waals surface area contributed by atoms with Gasteiger partial charge in [-0.2, -0.15) is 0 Å². The summed E-state index contributed by atoms with van der Waals surface area (Å²) >= 11 is 0. The van der Waals surface area contributed by atoms with Gasteiger partial charge in [0, 0.05) is 17.9 Å². The van der Waals surface area contributed by atoms with Gasteiger partial charge >= 0.3 is 7.12 Å². The summed E-state index contributed by atoms with van der Waals surface area (Å²) in [5.41, 5.74) is 5.91. The van der Waals surface area contributed by atoms with Crippen molar-refractivity contribution in [3.05, 3.63) is 12.4 Å². The van der Waals surface area contributed by atoms with Crippen LogP contribution in [0.25, 0.3) is 0 Å². The van der Waals surface area contributed by atoms with Crippen molar-refractivity contribution in [2.75, 3.05) is 5.73 Å². The van der Waals surface area contributed by atoms with E-state index in [-0.39, 0.29) is 17.7 Å². The molecule has 0 aliphatic carbocycles. The molecule has 1 aromatic heterocycles. The molecule has 1 saturated heterocycles. The molecule has 0 bridgehead atoms. The van der Waals surface area contributed by atoms with Crippen LogP contribution >= 0.6 is 0 Å². The Hall–Kier alpha value is -1.14. The molecule has 1 aliphatic heterocycles. The zero-order valence-corrected chi connectivity index (χ0v) is 9.10. The van der Waals surface area contributed by atoms with Crippen LogP contribution in [0.4, 0.5) is 5.95 Å². The molecule has 1 unspecified atom stereocenters. The summed E-state index contributed by atoms with van der Waals surface area (Å²) in [7, 11) is -0.393. The first kappa shape index (κ1) is 10.4. The Morgan fingerprint density at radius 2 is 2.00 bits per heavy atom. The molecule has 1 aliphatic rings. The van der Waals surface area contributed by atoms with E-state index in [0.717, 1.165) is 5.46 Å². The number of nitrogens with zero attached hydrogens (tertiary/aromatic N) is 2. The van der Waals surface area contributed by atoms with Gasteiger partial charge in [0.25, 0.3) is 0 Å². The van der Waals surface area contributed by atoms with Gasteiger partial charge in [-0.15, -0.1) is 0 Å². The third-order valence-electron chi connectivity index (χ3n) is 2.68. The predicted molar refractivity (Wildman–Crippen MR) is 57.5 cm³/mol. The van der Waals surface area contributed by atoms with Crippen molar-refractivity contribution in [1.82, 2.24) is 9.97 Å². The SMILES string of the molecule is CC1OB(c2cnc(N)nc2)OC1(C)C. The number of nitrogens with two attached hydrogens (primary N) is 1. The van der Waals surface area contributed by atoms with Crippen LogP contribution in [0.1, 0.15) is 20.8 Å². The summed E-state index contributed by atoms with van der Waals surface area (Å²) in [6.45, 7) is 5.98. The van der Waals surface area contributed by atoms with Gasteiger partial charge in [0.2, 0.25) is 5.95 Å². The molecule has 1 fully saturated rings. The molecule has 0 aromatic carbocycles. The second-order valence-electron chi connectivity index (χ2n) is 4.21. The van der Waals surface area contributed by atoms with Crippen LogP contribution in [0, 0.1) is 0 Å². The molecule has 0 radical (unpaired) electrons. The normalized spacial score (nSPS) is 24.5. The number of hydrogen-bond acceptors (Lipinski definition) is 5. The Morgan fingerprint density at radius 3 is 2.47 bits per heavy atom. The molecule has 1 aromatic rings. The maximum atomic E-state index is 5.74. The number of aromatic nitrogens is 2. The van der Waals surface area contributed by atoms with Crippen LogP contribution in [0.2, 0.25) is 0 Å². The van der Waals surface area contributed by atoms with E-state index in [4.69, 9.17) is 15.0 Å². The van der Waals surface area contributed by atoms with Gasteiger partial charge in [0.1, 0.15) is 0 Å². The van der Waals surface area contributed by atoms with Gasteiger partial charge in [-0.3, -0.25) is 0 Å². The Labute approximate surface area is 89.1 Å². The molecular weight excluding hydrogens is 193 g/mol. The maximum Gasteiger partial charge on any atom is 0.497 e. The van der Waals surface area contributed by atoms with Crippen molar-refractivity contribution in [3.8, 4) is 0 Å². The van der Waals surface area contributed by atoms with Crippen molar-refractivity contribution in [1.29, 1.82) is 0 Å². The molecule has 0 spiro atoms. The van der Waals surface area contributed by atoms with Crippen molar-refractivity contribution in [2.24, 2.45) is 0 Å². The van der Waals surface area contributed by atoms with E-state index in [1.165, 1.54) is 0 Å². The minimum atomic E-state index is -0.393. The van der Waals surface area contributed by atoms with Crippen molar-refractivity contribution < 1.29 is 9.31 Å². The summed E-state index contributed by atoms with van der Waals surface area (Å²) in [5, 5.41) is 0.